The van der Waals surface area contributed by atoms with Gasteiger partial charge in [0.05, 0.1) is 11.9 Å². The second kappa shape index (κ2) is 9.42. The number of thioether (sulfide) groups is 1. The Labute approximate surface area is 149 Å². The molecule has 3 heterocycles. The van der Waals surface area contributed by atoms with Crippen LogP contribution >= 0.6 is 11.8 Å². The lowest BCUT2D eigenvalue weighted by Crippen LogP contribution is -2.40. The first-order valence-electron chi connectivity index (χ1n) is 9.17. The molecule has 0 bridgehead atoms. The van der Waals surface area contributed by atoms with E-state index in [2.05, 4.69) is 16.0 Å². The van der Waals surface area contributed by atoms with E-state index >= 15 is 0 Å². The molecule has 0 unspecified atom stereocenters. The molecule has 24 heavy (non-hydrogen) atoms. The Morgan fingerprint density at radius 3 is 2.88 bits per heavy atom. The maximum absolute atomic E-state index is 12.4. The van der Waals surface area contributed by atoms with E-state index in [0.717, 1.165) is 51.1 Å². The van der Waals surface area contributed by atoms with Gasteiger partial charge >= 0.3 is 0 Å². The van der Waals surface area contributed by atoms with Crippen molar-refractivity contribution in [1.29, 1.82) is 0 Å². The van der Waals surface area contributed by atoms with Gasteiger partial charge in [-0.25, -0.2) is 0 Å². The minimum absolute atomic E-state index is 0.302. The fraction of sp³-hybridized carbons (Fsp3) is 0.684. The van der Waals surface area contributed by atoms with Gasteiger partial charge in [-0.1, -0.05) is 6.07 Å². The molecule has 1 aromatic rings. The van der Waals surface area contributed by atoms with E-state index in [9.17, 15) is 4.79 Å². The molecule has 3 rings (SSSR count). The molecule has 1 atom stereocenters. The summed E-state index contributed by atoms with van der Waals surface area (Å²) < 4.78 is 5.73. The number of pyridine rings is 1. The van der Waals surface area contributed by atoms with E-state index in [4.69, 9.17) is 4.74 Å². The van der Waals surface area contributed by atoms with Crippen LogP contribution in [0, 0.1) is 5.92 Å². The highest BCUT2D eigenvalue weighted by atomic mass is 32.2. The molecule has 4 nitrogen and oxygen atoms in total. The molecular weight excluding hydrogens is 320 g/mol. The lowest BCUT2D eigenvalue weighted by molar-refractivity contribution is -0.129. The summed E-state index contributed by atoms with van der Waals surface area (Å²) in [4.78, 5) is 18.6. The predicted octanol–water partition coefficient (Wildman–Crippen LogP) is 3.17. The number of amides is 1. The Morgan fingerprint density at radius 1 is 1.29 bits per heavy atom. The van der Waals surface area contributed by atoms with Gasteiger partial charge in [-0.2, -0.15) is 0 Å². The second-order valence-electron chi connectivity index (χ2n) is 6.89. The van der Waals surface area contributed by atoms with Gasteiger partial charge in [-0.3, -0.25) is 9.78 Å². The second-order valence-corrected chi connectivity index (χ2v) is 7.92. The molecule has 0 spiro atoms. The van der Waals surface area contributed by atoms with Gasteiger partial charge < -0.3 is 9.64 Å². The molecule has 1 aromatic heterocycles. The van der Waals surface area contributed by atoms with E-state index in [1.165, 1.54) is 18.4 Å². The predicted molar refractivity (Wildman–Crippen MR) is 98.2 cm³/mol. The Kier molecular flexibility index (Phi) is 6.97. The SMILES string of the molecule is O=C(CSC[C@@H]1CCCCO1)N1CCC(Cc2cccnc2)CC1. The van der Waals surface area contributed by atoms with Crippen LogP contribution in [0.3, 0.4) is 0 Å². The molecule has 0 radical (unpaired) electrons. The summed E-state index contributed by atoms with van der Waals surface area (Å²) in [5, 5.41) is 0. The molecule has 0 saturated carbocycles. The third kappa shape index (κ3) is 5.49. The van der Waals surface area contributed by atoms with Crippen LogP contribution in [-0.2, 0) is 16.0 Å². The van der Waals surface area contributed by atoms with Crippen LogP contribution in [0.25, 0.3) is 0 Å². The zero-order chi connectivity index (χ0) is 16.6. The summed E-state index contributed by atoms with van der Waals surface area (Å²) in [5.74, 6) is 2.55. The summed E-state index contributed by atoms with van der Waals surface area (Å²) in [6, 6.07) is 4.15. The third-order valence-corrected chi connectivity index (χ3v) is 6.08. The van der Waals surface area contributed by atoms with Gasteiger partial charge in [-0.15, -0.1) is 11.8 Å². The quantitative estimate of drug-likeness (QED) is 0.792. The van der Waals surface area contributed by atoms with Crippen LogP contribution in [0.1, 0.15) is 37.7 Å². The molecule has 2 fully saturated rings. The Morgan fingerprint density at radius 2 is 2.17 bits per heavy atom. The fourth-order valence-corrected chi connectivity index (χ4v) is 4.55. The lowest BCUT2D eigenvalue weighted by Gasteiger charge is -2.32. The van der Waals surface area contributed by atoms with Crippen molar-refractivity contribution in [2.24, 2.45) is 5.92 Å². The van der Waals surface area contributed by atoms with Crippen molar-refractivity contribution in [3.63, 3.8) is 0 Å². The summed E-state index contributed by atoms with van der Waals surface area (Å²) in [7, 11) is 0. The maximum atomic E-state index is 12.4. The fourth-order valence-electron chi connectivity index (χ4n) is 3.55. The van der Waals surface area contributed by atoms with Crippen molar-refractivity contribution in [2.45, 2.75) is 44.6 Å². The zero-order valence-electron chi connectivity index (χ0n) is 14.4. The van der Waals surface area contributed by atoms with E-state index in [1.807, 2.05) is 18.5 Å². The molecule has 2 aliphatic heterocycles. The van der Waals surface area contributed by atoms with E-state index in [0.29, 0.717) is 23.7 Å². The highest BCUT2D eigenvalue weighted by Crippen LogP contribution is 2.22. The van der Waals surface area contributed by atoms with Crippen molar-refractivity contribution in [2.75, 3.05) is 31.2 Å². The van der Waals surface area contributed by atoms with Crippen LogP contribution in [0.2, 0.25) is 0 Å². The first kappa shape index (κ1) is 17.7. The van der Waals surface area contributed by atoms with Gasteiger partial charge in [0, 0.05) is 37.8 Å². The molecule has 0 N–H and O–H groups in total. The molecule has 0 aromatic carbocycles. The van der Waals surface area contributed by atoms with Crippen molar-refractivity contribution >= 4 is 17.7 Å². The normalized spacial score (nSPS) is 22.5. The first-order valence-corrected chi connectivity index (χ1v) is 10.3. The number of aromatic nitrogens is 1. The summed E-state index contributed by atoms with van der Waals surface area (Å²) in [6.45, 7) is 2.71. The average molecular weight is 349 g/mol. The van der Waals surface area contributed by atoms with Gasteiger partial charge in [0.15, 0.2) is 0 Å². The number of carbonyl (C=O) groups is 1. The topological polar surface area (TPSA) is 42.4 Å². The minimum Gasteiger partial charge on any atom is -0.377 e. The smallest absolute Gasteiger partial charge is 0.232 e. The number of carbonyl (C=O) groups excluding carboxylic acids is 1. The molecule has 2 saturated heterocycles. The van der Waals surface area contributed by atoms with Gasteiger partial charge in [0.1, 0.15) is 0 Å². The van der Waals surface area contributed by atoms with Crippen molar-refractivity contribution in [1.82, 2.24) is 9.88 Å². The number of hydrogen-bond donors (Lipinski definition) is 0. The lowest BCUT2D eigenvalue weighted by atomic mass is 9.91. The molecule has 2 aliphatic rings. The molecular formula is C19H28N2O2S. The Bertz CT molecular complexity index is 497. The highest BCUT2D eigenvalue weighted by molar-refractivity contribution is 7.99. The number of piperidine rings is 1. The summed E-state index contributed by atoms with van der Waals surface area (Å²) >= 11 is 1.74. The van der Waals surface area contributed by atoms with Crippen LogP contribution in [-0.4, -0.2) is 53.1 Å². The van der Waals surface area contributed by atoms with Crippen LogP contribution < -0.4 is 0 Å². The Hall–Kier alpha value is -1.07. The van der Waals surface area contributed by atoms with Crippen molar-refractivity contribution in [3.05, 3.63) is 30.1 Å². The zero-order valence-corrected chi connectivity index (χ0v) is 15.2. The largest absolute Gasteiger partial charge is 0.377 e. The monoisotopic (exact) mass is 348 g/mol. The van der Waals surface area contributed by atoms with Gasteiger partial charge in [0.2, 0.25) is 5.91 Å². The summed E-state index contributed by atoms with van der Waals surface area (Å²) in [6.07, 6.45) is 11.1. The number of hydrogen-bond acceptors (Lipinski definition) is 4. The van der Waals surface area contributed by atoms with E-state index in [-0.39, 0.29) is 0 Å². The minimum atomic E-state index is 0.302. The molecule has 1 amide bonds. The van der Waals surface area contributed by atoms with Gasteiger partial charge in [-0.05, 0) is 56.1 Å². The third-order valence-electron chi connectivity index (χ3n) is 5.02. The van der Waals surface area contributed by atoms with E-state index < -0.39 is 0 Å². The molecule has 132 valence electrons. The number of rotatable bonds is 6. The molecule has 0 aliphatic carbocycles. The van der Waals surface area contributed by atoms with Crippen LogP contribution in [0.15, 0.2) is 24.5 Å². The van der Waals surface area contributed by atoms with Crippen LogP contribution in [0.5, 0.6) is 0 Å². The summed E-state index contributed by atoms with van der Waals surface area (Å²) in [5.41, 5.74) is 1.31. The molecule has 5 heteroatoms. The first-order chi connectivity index (χ1) is 11.8. The van der Waals surface area contributed by atoms with E-state index in [1.54, 1.807) is 11.8 Å². The number of nitrogens with zero attached hydrogens (tertiary/aromatic N) is 2. The Balaban J connectivity index is 1.32. The number of ether oxygens (including phenoxy) is 1. The number of likely N-dealkylation sites (tertiary alicyclic amines) is 1. The van der Waals surface area contributed by atoms with Gasteiger partial charge in [0.25, 0.3) is 0 Å². The maximum Gasteiger partial charge on any atom is 0.232 e. The van der Waals surface area contributed by atoms with Crippen molar-refractivity contribution in [3.8, 4) is 0 Å². The standard InChI is InChI=1S/C19H28N2O2S/c22-19(15-24-14-18-5-1-2-11-23-18)21-9-6-16(7-10-21)12-17-4-3-8-20-13-17/h3-4,8,13,16,18H,1-2,5-7,9-12,14-15H2/t18-/m0/s1. The van der Waals surface area contributed by atoms with Crippen LogP contribution in [0.4, 0.5) is 0 Å². The highest BCUT2D eigenvalue weighted by Gasteiger charge is 2.23. The van der Waals surface area contributed by atoms with Crippen molar-refractivity contribution < 1.29 is 9.53 Å². The average Bonchev–Trinajstić information content (AvgIpc) is 2.64.